The zero-order chi connectivity index (χ0) is 16.9. The van der Waals surface area contributed by atoms with Crippen LogP contribution in [-0.4, -0.2) is 21.6 Å². The molecule has 0 fully saturated rings. The highest BCUT2D eigenvalue weighted by atomic mass is 32.1. The van der Waals surface area contributed by atoms with Crippen molar-refractivity contribution in [3.05, 3.63) is 83.4 Å². The molecule has 0 unspecified atom stereocenters. The first kappa shape index (κ1) is 16.2. The van der Waals surface area contributed by atoms with Crippen LogP contribution >= 0.6 is 12.2 Å². The van der Waals surface area contributed by atoms with Gasteiger partial charge in [-0.15, -0.1) is 0 Å². The Bertz CT molecular complexity index is 857. The molecule has 24 heavy (non-hydrogen) atoms. The summed E-state index contributed by atoms with van der Waals surface area (Å²) in [5, 5.41) is 0. The van der Waals surface area contributed by atoms with Crippen LogP contribution in [0.5, 0.6) is 5.75 Å². The zero-order valence-corrected chi connectivity index (χ0v) is 14.3. The fraction of sp³-hybridized carbons (Fsp3) is 0.158. The third-order valence-electron chi connectivity index (χ3n) is 3.97. The predicted octanol–water partition coefficient (Wildman–Crippen LogP) is 3.17. The van der Waals surface area contributed by atoms with E-state index in [4.69, 9.17) is 22.7 Å². The number of rotatable bonds is 6. The summed E-state index contributed by atoms with van der Waals surface area (Å²) in [5.74, 6) is 1.84. The van der Waals surface area contributed by atoms with Gasteiger partial charge in [0.2, 0.25) is 0 Å². The molecule has 1 heterocycles. The van der Waals surface area contributed by atoms with E-state index in [2.05, 4.69) is 15.6 Å². The van der Waals surface area contributed by atoms with Crippen molar-refractivity contribution in [3.8, 4) is 5.75 Å². The second-order valence-electron chi connectivity index (χ2n) is 5.48. The molecule has 5 heteroatoms. The topological polar surface area (TPSA) is 53.1 Å². The van der Waals surface area contributed by atoms with Gasteiger partial charge >= 0.3 is 0 Å². The van der Waals surface area contributed by atoms with Gasteiger partial charge in [-0.05, 0) is 11.6 Å². The first-order valence-corrected chi connectivity index (χ1v) is 8.09. The molecule has 2 N–H and O–H groups in total. The van der Waals surface area contributed by atoms with Crippen molar-refractivity contribution in [2.24, 2.45) is 5.73 Å². The van der Waals surface area contributed by atoms with E-state index in [1.807, 2.05) is 54.9 Å². The fourth-order valence-electron chi connectivity index (χ4n) is 2.75. The van der Waals surface area contributed by atoms with Crippen molar-refractivity contribution in [1.29, 1.82) is 0 Å². The molecule has 0 aliphatic carbocycles. The van der Waals surface area contributed by atoms with Crippen molar-refractivity contribution in [3.63, 3.8) is 0 Å². The van der Waals surface area contributed by atoms with Crippen molar-refractivity contribution in [1.82, 2.24) is 9.55 Å². The average molecular weight is 337 g/mol. The van der Waals surface area contributed by atoms with Gasteiger partial charge < -0.3 is 15.0 Å². The molecule has 122 valence electrons. The molecule has 3 rings (SSSR count). The number of benzene rings is 2. The Kier molecular flexibility index (Phi) is 4.91. The normalized spacial score (nSPS) is 10.5. The van der Waals surface area contributed by atoms with Crippen molar-refractivity contribution < 1.29 is 4.74 Å². The number of aromatic nitrogens is 2. The Morgan fingerprint density at radius 1 is 1.12 bits per heavy atom. The first-order valence-electron chi connectivity index (χ1n) is 7.68. The first-order chi connectivity index (χ1) is 11.7. The van der Waals surface area contributed by atoms with Crippen LogP contribution in [0.2, 0.25) is 0 Å². The minimum atomic E-state index is 0.414. The summed E-state index contributed by atoms with van der Waals surface area (Å²) in [6, 6.07) is 15.9. The van der Waals surface area contributed by atoms with Crippen molar-refractivity contribution in [2.75, 3.05) is 7.11 Å². The van der Waals surface area contributed by atoms with E-state index in [1.165, 1.54) is 0 Å². The molecule has 0 radical (unpaired) electrons. The quantitative estimate of drug-likeness (QED) is 0.702. The number of thiocarbonyl (C=S) groups is 1. The Morgan fingerprint density at radius 3 is 2.58 bits per heavy atom. The molecule has 0 spiro atoms. The third kappa shape index (κ3) is 3.46. The molecule has 0 saturated carbocycles. The Hall–Kier alpha value is -2.66. The van der Waals surface area contributed by atoms with Crippen LogP contribution < -0.4 is 10.5 Å². The lowest BCUT2D eigenvalue weighted by Gasteiger charge is -2.13. The Balaban J connectivity index is 1.88. The minimum Gasteiger partial charge on any atom is -0.496 e. The zero-order valence-electron chi connectivity index (χ0n) is 13.5. The maximum absolute atomic E-state index is 5.83. The Labute approximate surface area is 146 Å². The number of ether oxygens (including phenoxy) is 1. The van der Waals surface area contributed by atoms with E-state index in [1.54, 1.807) is 7.11 Å². The number of nitrogens with zero attached hydrogens (tertiary/aromatic N) is 2. The molecule has 0 amide bonds. The minimum absolute atomic E-state index is 0.414. The highest BCUT2D eigenvalue weighted by molar-refractivity contribution is 7.80. The number of imidazole rings is 1. The van der Waals surface area contributed by atoms with Crippen LogP contribution in [-0.2, 0) is 13.0 Å². The highest BCUT2D eigenvalue weighted by Crippen LogP contribution is 2.21. The van der Waals surface area contributed by atoms with E-state index in [0.29, 0.717) is 18.0 Å². The molecule has 3 aromatic rings. The smallest absolute Gasteiger partial charge is 0.122 e. The third-order valence-corrected chi connectivity index (χ3v) is 4.19. The van der Waals surface area contributed by atoms with E-state index in [9.17, 15) is 0 Å². The molecule has 0 aliphatic rings. The Morgan fingerprint density at radius 2 is 1.83 bits per heavy atom. The monoisotopic (exact) mass is 337 g/mol. The summed E-state index contributed by atoms with van der Waals surface area (Å²) in [7, 11) is 1.68. The van der Waals surface area contributed by atoms with Crippen molar-refractivity contribution >= 4 is 17.2 Å². The van der Waals surface area contributed by atoms with Gasteiger partial charge in [0.1, 0.15) is 16.6 Å². The van der Waals surface area contributed by atoms with E-state index in [0.717, 1.165) is 28.3 Å². The number of hydrogen-bond donors (Lipinski definition) is 1. The van der Waals surface area contributed by atoms with Crippen LogP contribution in [0, 0.1) is 0 Å². The molecule has 2 aromatic carbocycles. The molecule has 0 saturated heterocycles. The van der Waals surface area contributed by atoms with Gasteiger partial charge in [-0.2, -0.15) is 0 Å². The van der Waals surface area contributed by atoms with Gasteiger partial charge in [-0.3, -0.25) is 0 Å². The number of nitrogens with two attached hydrogens (primary N) is 1. The van der Waals surface area contributed by atoms with Gasteiger partial charge in [0.25, 0.3) is 0 Å². The largest absolute Gasteiger partial charge is 0.496 e. The van der Waals surface area contributed by atoms with Gasteiger partial charge in [-0.25, -0.2) is 4.98 Å². The van der Waals surface area contributed by atoms with Crippen LogP contribution in [0.4, 0.5) is 0 Å². The van der Waals surface area contributed by atoms with Crippen LogP contribution in [0.25, 0.3) is 0 Å². The molecular formula is C19H19N3OS. The fourth-order valence-corrected chi connectivity index (χ4v) is 2.95. The maximum Gasteiger partial charge on any atom is 0.122 e. The number of para-hydroxylation sites is 1. The summed E-state index contributed by atoms with van der Waals surface area (Å²) in [6.45, 7) is 0.679. The predicted molar refractivity (Wildman–Crippen MR) is 99.5 cm³/mol. The molecular weight excluding hydrogens is 318 g/mol. The molecule has 0 atom stereocenters. The lowest BCUT2D eigenvalue weighted by molar-refractivity contribution is 0.410. The average Bonchev–Trinajstić information content (AvgIpc) is 3.02. The van der Waals surface area contributed by atoms with Crippen LogP contribution in [0.15, 0.2) is 60.9 Å². The van der Waals surface area contributed by atoms with Gasteiger partial charge in [0.15, 0.2) is 0 Å². The molecule has 0 aliphatic heterocycles. The van der Waals surface area contributed by atoms with Crippen molar-refractivity contribution in [2.45, 2.75) is 13.0 Å². The summed E-state index contributed by atoms with van der Waals surface area (Å²) in [4.78, 5) is 4.91. The second-order valence-corrected chi connectivity index (χ2v) is 5.92. The van der Waals surface area contributed by atoms with E-state index >= 15 is 0 Å². The summed E-state index contributed by atoms with van der Waals surface area (Å²) >= 11 is 5.15. The maximum atomic E-state index is 5.83. The summed E-state index contributed by atoms with van der Waals surface area (Å²) < 4.78 is 7.55. The standard InChI is InChI=1S/C19H19N3OS/c1-23-17-9-5-3-6-14(17)12-18-21-10-11-22(18)13-15-7-2-4-8-16(15)19(20)24/h2-11H,12-13H2,1H3,(H2,20,24). The molecule has 4 nitrogen and oxygen atoms in total. The van der Waals surface area contributed by atoms with Crippen LogP contribution in [0.1, 0.15) is 22.5 Å². The van der Waals surface area contributed by atoms with Gasteiger partial charge in [0, 0.05) is 36.5 Å². The van der Waals surface area contributed by atoms with E-state index in [-0.39, 0.29) is 0 Å². The summed E-state index contributed by atoms with van der Waals surface area (Å²) in [5.41, 5.74) is 8.93. The SMILES string of the molecule is COc1ccccc1Cc1nccn1Cc1ccccc1C(N)=S. The van der Waals surface area contributed by atoms with E-state index < -0.39 is 0 Å². The molecule has 0 bridgehead atoms. The number of hydrogen-bond acceptors (Lipinski definition) is 3. The van der Waals surface area contributed by atoms with Crippen LogP contribution in [0.3, 0.4) is 0 Å². The van der Waals surface area contributed by atoms with Gasteiger partial charge in [0.05, 0.1) is 7.11 Å². The lowest BCUT2D eigenvalue weighted by atomic mass is 10.1. The van der Waals surface area contributed by atoms with Gasteiger partial charge in [-0.1, -0.05) is 54.7 Å². The number of methoxy groups -OCH3 is 1. The highest BCUT2D eigenvalue weighted by Gasteiger charge is 2.11. The summed E-state index contributed by atoms with van der Waals surface area (Å²) in [6.07, 6.45) is 4.49. The lowest BCUT2D eigenvalue weighted by Crippen LogP contribution is -2.14. The molecule has 1 aromatic heterocycles. The second kappa shape index (κ2) is 7.27.